The Morgan fingerprint density at radius 2 is 2.00 bits per heavy atom. The Kier molecular flexibility index (Phi) is 4.46. The summed E-state index contributed by atoms with van der Waals surface area (Å²) in [5, 5.41) is 29.5. The zero-order valence-electron chi connectivity index (χ0n) is 14.0. The maximum Gasteiger partial charge on any atom is 0.191 e. The topological polar surface area (TPSA) is 101 Å². The maximum absolute atomic E-state index is 14.8. The lowest BCUT2D eigenvalue weighted by molar-refractivity contribution is 0.234. The Bertz CT molecular complexity index is 925. The van der Waals surface area contributed by atoms with Crippen LogP contribution in [0, 0.1) is 51.1 Å². The number of fused-ring (bicyclic) bond motifs is 1. The predicted octanol–water partition coefficient (Wildman–Crippen LogP) is 2.83. The van der Waals surface area contributed by atoms with Crippen molar-refractivity contribution in [3.05, 3.63) is 57.5 Å². The van der Waals surface area contributed by atoms with Crippen LogP contribution in [-0.2, 0) is 0 Å². The highest BCUT2D eigenvalue weighted by Crippen LogP contribution is 2.55. The third-order valence-electron chi connectivity index (χ3n) is 5.16. The first kappa shape index (κ1) is 18.0. The van der Waals surface area contributed by atoms with Crippen molar-refractivity contribution in [3.8, 4) is 18.2 Å². The zero-order chi connectivity index (χ0) is 19.1. The van der Waals surface area contributed by atoms with Gasteiger partial charge in [0.25, 0.3) is 0 Å². The predicted molar refractivity (Wildman–Crippen MR) is 93.7 cm³/mol. The van der Waals surface area contributed by atoms with E-state index in [1.165, 1.54) is 18.2 Å². The summed E-state index contributed by atoms with van der Waals surface area (Å²) < 4.78 is 14.8. The van der Waals surface area contributed by atoms with Crippen molar-refractivity contribution in [2.75, 3.05) is 20.1 Å². The maximum atomic E-state index is 14.8. The van der Waals surface area contributed by atoms with Gasteiger partial charge >= 0.3 is 0 Å². The second kappa shape index (κ2) is 6.46. The first-order valence-corrected chi connectivity index (χ1v) is 8.34. The van der Waals surface area contributed by atoms with E-state index in [4.69, 9.17) is 17.3 Å². The number of nitriles is 3. The standard InChI is InChI=1S/C19H15ClFN5/c1-26-6-5-11-12(7-22)18(25)19(9-23,10-24)17(13(11)8-26)16-14(20)3-2-4-15(16)21/h2-5,13,17H,6,8,25H2,1H3/t13-,17-/m1/s1. The molecule has 0 aromatic heterocycles. The summed E-state index contributed by atoms with van der Waals surface area (Å²) in [6.07, 6.45) is 1.85. The summed E-state index contributed by atoms with van der Waals surface area (Å²) in [6.45, 7) is 1.04. The number of benzene rings is 1. The molecule has 0 radical (unpaired) electrons. The van der Waals surface area contributed by atoms with Crippen molar-refractivity contribution in [1.82, 2.24) is 4.90 Å². The lowest BCUT2D eigenvalue weighted by Crippen LogP contribution is -2.47. The van der Waals surface area contributed by atoms with E-state index in [9.17, 15) is 20.2 Å². The fraction of sp³-hybridized carbons (Fsp3) is 0.316. The molecule has 3 rings (SSSR count). The van der Waals surface area contributed by atoms with Crippen molar-refractivity contribution in [2.24, 2.45) is 17.1 Å². The van der Waals surface area contributed by atoms with Crippen molar-refractivity contribution in [3.63, 3.8) is 0 Å². The number of halogens is 2. The highest BCUT2D eigenvalue weighted by atomic mass is 35.5. The van der Waals surface area contributed by atoms with Crippen LogP contribution in [0.15, 0.2) is 41.1 Å². The first-order chi connectivity index (χ1) is 12.4. The molecule has 0 saturated carbocycles. The van der Waals surface area contributed by atoms with Gasteiger partial charge < -0.3 is 10.6 Å². The van der Waals surface area contributed by atoms with Crippen molar-refractivity contribution in [2.45, 2.75) is 5.92 Å². The van der Waals surface area contributed by atoms with Crippen LogP contribution in [0.1, 0.15) is 11.5 Å². The van der Waals surface area contributed by atoms with Crippen molar-refractivity contribution >= 4 is 11.6 Å². The van der Waals surface area contributed by atoms with Crippen LogP contribution < -0.4 is 5.73 Å². The van der Waals surface area contributed by atoms with Gasteiger partial charge in [0.05, 0.1) is 23.4 Å². The minimum Gasteiger partial charge on any atom is -0.399 e. The molecule has 0 amide bonds. The molecule has 130 valence electrons. The molecule has 1 heterocycles. The van der Waals surface area contributed by atoms with Crippen LogP contribution in [0.25, 0.3) is 0 Å². The monoisotopic (exact) mass is 367 g/mol. The molecule has 0 spiro atoms. The summed E-state index contributed by atoms with van der Waals surface area (Å²) in [4.78, 5) is 1.98. The van der Waals surface area contributed by atoms with Gasteiger partial charge in [-0.1, -0.05) is 23.7 Å². The number of allylic oxidation sites excluding steroid dienone is 2. The Labute approximate surface area is 156 Å². The van der Waals surface area contributed by atoms with E-state index in [0.717, 1.165) is 0 Å². The van der Waals surface area contributed by atoms with Crippen LogP contribution in [0.2, 0.25) is 5.02 Å². The molecule has 2 N–H and O–H groups in total. The molecule has 0 bridgehead atoms. The van der Waals surface area contributed by atoms with Crippen LogP contribution in [0.4, 0.5) is 4.39 Å². The summed E-state index contributed by atoms with van der Waals surface area (Å²) in [7, 11) is 1.88. The SMILES string of the molecule is CN1CC=C2C(C#N)=C(N)C(C#N)(C#N)[C@@H](c3c(F)cccc3Cl)[C@@H]2C1. The number of nitrogens with two attached hydrogens (primary N) is 1. The van der Waals surface area contributed by atoms with Crippen LogP contribution >= 0.6 is 11.6 Å². The van der Waals surface area contributed by atoms with Crippen molar-refractivity contribution < 1.29 is 4.39 Å². The second-order valence-corrected chi connectivity index (χ2v) is 6.94. The van der Waals surface area contributed by atoms with Gasteiger partial charge in [0.2, 0.25) is 0 Å². The summed E-state index contributed by atoms with van der Waals surface area (Å²) in [6, 6.07) is 10.2. The van der Waals surface area contributed by atoms with E-state index in [-0.39, 0.29) is 21.9 Å². The zero-order valence-corrected chi connectivity index (χ0v) is 14.8. The molecule has 0 unspecified atom stereocenters. The first-order valence-electron chi connectivity index (χ1n) is 7.97. The highest BCUT2D eigenvalue weighted by Gasteiger charge is 2.55. The average Bonchev–Trinajstić information content (AvgIpc) is 2.62. The summed E-state index contributed by atoms with van der Waals surface area (Å²) >= 11 is 6.28. The minimum atomic E-state index is -1.88. The Morgan fingerprint density at radius 3 is 2.58 bits per heavy atom. The minimum absolute atomic E-state index is 0.0865. The quantitative estimate of drug-likeness (QED) is 0.822. The molecule has 7 heteroatoms. The third kappa shape index (κ3) is 2.37. The smallest absolute Gasteiger partial charge is 0.191 e. The molecule has 2 atom stereocenters. The summed E-state index contributed by atoms with van der Waals surface area (Å²) in [5.74, 6) is -1.97. The molecule has 1 aliphatic heterocycles. The van der Waals surface area contributed by atoms with E-state index in [2.05, 4.69) is 0 Å². The molecule has 1 aromatic carbocycles. The Hall–Kier alpha value is -2.85. The number of hydrogen-bond acceptors (Lipinski definition) is 5. The highest BCUT2D eigenvalue weighted by molar-refractivity contribution is 6.31. The van der Waals surface area contributed by atoms with Gasteiger partial charge in [0, 0.05) is 35.5 Å². The van der Waals surface area contributed by atoms with Crippen LogP contribution in [-0.4, -0.2) is 25.0 Å². The lowest BCUT2D eigenvalue weighted by Gasteiger charge is -2.45. The fourth-order valence-electron chi connectivity index (χ4n) is 3.94. The normalized spacial score (nSPS) is 24.7. The third-order valence-corrected chi connectivity index (χ3v) is 5.49. The molecular weight excluding hydrogens is 353 g/mol. The molecule has 0 saturated heterocycles. The van der Waals surface area contributed by atoms with Gasteiger partial charge in [-0.2, -0.15) is 15.8 Å². The van der Waals surface area contributed by atoms with Gasteiger partial charge in [0.1, 0.15) is 11.9 Å². The van der Waals surface area contributed by atoms with Gasteiger partial charge in [0.15, 0.2) is 5.41 Å². The van der Waals surface area contributed by atoms with E-state index >= 15 is 0 Å². The molecule has 1 aromatic rings. The number of hydrogen-bond donors (Lipinski definition) is 1. The fourth-order valence-corrected chi connectivity index (χ4v) is 4.22. The van der Waals surface area contributed by atoms with Gasteiger partial charge in [-0.15, -0.1) is 0 Å². The van der Waals surface area contributed by atoms with Crippen LogP contribution in [0.3, 0.4) is 0 Å². The molecule has 26 heavy (non-hydrogen) atoms. The van der Waals surface area contributed by atoms with E-state index in [0.29, 0.717) is 18.7 Å². The van der Waals surface area contributed by atoms with Gasteiger partial charge in [-0.25, -0.2) is 4.39 Å². The Balaban J connectivity index is 2.41. The molecule has 2 aliphatic rings. The van der Waals surface area contributed by atoms with Crippen molar-refractivity contribution in [1.29, 1.82) is 15.8 Å². The largest absolute Gasteiger partial charge is 0.399 e. The number of likely N-dealkylation sites (N-methyl/N-ethyl adjacent to an activating group) is 1. The second-order valence-electron chi connectivity index (χ2n) is 6.53. The van der Waals surface area contributed by atoms with Gasteiger partial charge in [-0.3, -0.25) is 0 Å². The number of rotatable bonds is 1. The molecule has 0 fully saturated rings. The molecule has 1 aliphatic carbocycles. The molecular formula is C19H15ClFN5. The van der Waals surface area contributed by atoms with E-state index in [1.807, 2.05) is 36.2 Å². The number of nitrogens with zero attached hydrogens (tertiary/aromatic N) is 4. The average molecular weight is 368 g/mol. The van der Waals surface area contributed by atoms with Crippen LogP contribution in [0.5, 0.6) is 0 Å². The molecule has 5 nitrogen and oxygen atoms in total. The van der Waals surface area contributed by atoms with E-state index < -0.39 is 23.1 Å². The lowest BCUT2D eigenvalue weighted by atomic mass is 9.58. The van der Waals surface area contributed by atoms with E-state index in [1.54, 1.807) is 0 Å². The Morgan fingerprint density at radius 1 is 1.31 bits per heavy atom. The van der Waals surface area contributed by atoms with Gasteiger partial charge in [-0.05, 0) is 24.8 Å². The summed E-state index contributed by atoms with van der Waals surface area (Å²) in [5.41, 5.74) is 5.00.